The summed E-state index contributed by atoms with van der Waals surface area (Å²) in [4.78, 5) is 20.3. The number of nitrogens with one attached hydrogen (secondary N) is 1. The molecule has 134 valence electrons. The van der Waals surface area contributed by atoms with E-state index in [1.165, 1.54) is 0 Å². The Kier molecular flexibility index (Phi) is 5.19. The van der Waals surface area contributed by atoms with E-state index in [0.717, 1.165) is 17.3 Å². The normalized spacial score (nSPS) is 20.6. The number of aromatic nitrogens is 2. The molecule has 1 fully saturated rings. The van der Waals surface area contributed by atoms with Crippen molar-refractivity contribution in [1.29, 1.82) is 0 Å². The quantitative estimate of drug-likeness (QED) is 0.911. The first kappa shape index (κ1) is 18.3. The number of likely N-dealkylation sites (tertiary alicyclic amines) is 1. The zero-order valence-electron chi connectivity index (χ0n) is 13.9. The summed E-state index contributed by atoms with van der Waals surface area (Å²) in [6, 6.07) is 0. The molecule has 0 radical (unpaired) electrons. The lowest BCUT2D eigenvalue weighted by atomic mass is 9.93. The van der Waals surface area contributed by atoms with Gasteiger partial charge in [0.15, 0.2) is 5.82 Å². The van der Waals surface area contributed by atoms with Gasteiger partial charge >= 0.3 is 6.09 Å². The van der Waals surface area contributed by atoms with E-state index in [1.54, 1.807) is 20.8 Å². The molecule has 0 saturated carbocycles. The fraction of sp³-hybridized carbons (Fsp3) is 0.667. The second-order valence-corrected chi connectivity index (χ2v) is 6.75. The van der Waals surface area contributed by atoms with Crippen molar-refractivity contribution in [2.24, 2.45) is 5.92 Å². The summed E-state index contributed by atoms with van der Waals surface area (Å²) in [6.45, 7) is 4.47. The molecule has 0 aromatic carbocycles. The molecule has 0 unspecified atom stereocenters. The number of hydrogen-bond acceptors (Lipinski definition) is 5. The summed E-state index contributed by atoms with van der Waals surface area (Å²) < 4.78 is 46.4. The first-order chi connectivity index (χ1) is 11.1. The molecule has 1 aromatic heterocycles. The van der Waals surface area contributed by atoms with Gasteiger partial charge in [0.25, 0.3) is 5.92 Å². The van der Waals surface area contributed by atoms with Gasteiger partial charge in [0.05, 0.1) is 18.9 Å². The number of hydrogen-bond donors (Lipinski definition) is 1. The van der Waals surface area contributed by atoms with Crippen molar-refractivity contribution in [2.45, 2.75) is 38.7 Å². The number of ether oxygens (including phenoxy) is 1. The van der Waals surface area contributed by atoms with Crippen LogP contribution in [0.15, 0.2) is 12.4 Å². The fourth-order valence-electron chi connectivity index (χ4n) is 2.34. The molecule has 2 heterocycles. The predicted molar refractivity (Wildman–Crippen MR) is 81.3 cm³/mol. The lowest BCUT2D eigenvalue weighted by molar-refractivity contribution is -0.106. The van der Waals surface area contributed by atoms with Crippen LogP contribution in [0.3, 0.4) is 0 Å². The number of piperidine rings is 1. The molecule has 1 N–H and O–H groups in total. The molecular weight excluding hydrogens is 325 g/mol. The Labute approximate surface area is 138 Å². The molecule has 1 atom stereocenters. The van der Waals surface area contributed by atoms with E-state index in [4.69, 9.17) is 4.74 Å². The number of amides is 1. The second kappa shape index (κ2) is 6.82. The van der Waals surface area contributed by atoms with Gasteiger partial charge in [0, 0.05) is 19.0 Å². The van der Waals surface area contributed by atoms with Gasteiger partial charge in [0.1, 0.15) is 5.60 Å². The summed E-state index contributed by atoms with van der Waals surface area (Å²) in [5, 5.41) is 2.68. The van der Waals surface area contributed by atoms with Crippen LogP contribution >= 0.6 is 0 Å². The van der Waals surface area contributed by atoms with Gasteiger partial charge in [-0.3, -0.25) is 0 Å². The van der Waals surface area contributed by atoms with Gasteiger partial charge in [-0.15, -0.1) is 0 Å². The summed E-state index contributed by atoms with van der Waals surface area (Å²) in [5.74, 6) is -4.56. The first-order valence-corrected chi connectivity index (χ1v) is 7.64. The number of carbonyl (C=O) groups is 1. The minimum Gasteiger partial charge on any atom is -0.444 e. The summed E-state index contributed by atoms with van der Waals surface area (Å²) in [6.07, 6.45) is 1.29. The number of nitrogens with zero attached hydrogens (tertiary/aromatic N) is 3. The third kappa shape index (κ3) is 4.97. The van der Waals surface area contributed by atoms with Crippen molar-refractivity contribution < 1.29 is 22.7 Å². The minimum absolute atomic E-state index is 0.0687. The smallest absolute Gasteiger partial charge is 0.410 e. The van der Waals surface area contributed by atoms with Gasteiger partial charge in [-0.2, -0.15) is 0 Å². The van der Waals surface area contributed by atoms with Crippen LogP contribution in [0.25, 0.3) is 0 Å². The summed E-state index contributed by atoms with van der Waals surface area (Å²) >= 11 is 0. The highest BCUT2D eigenvalue weighted by atomic mass is 19.3. The Bertz CT molecular complexity index is 575. The van der Waals surface area contributed by atoms with E-state index in [2.05, 4.69) is 15.3 Å². The van der Waals surface area contributed by atoms with Crippen molar-refractivity contribution in [3.05, 3.63) is 18.2 Å². The molecule has 1 aliphatic heterocycles. The van der Waals surface area contributed by atoms with Gasteiger partial charge in [-0.25, -0.2) is 27.9 Å². The van der Waals surface area contributed by atoms with Crippen LogP contribution in [-0.2, 0) is 4.74 Å². The third-order valence-electron chi connectivity index (χ3n) is 3.53. The largest absolute Gasteiger partial charge is 0.444 e. The lowest BCUT2D eigenvalue weighted by Gasteiger charge is -2.38. The Morgan fingerprint density at radius 2 is 2.04 bits per heavy atom. The SMILES string of the molecule is CC(C)(C)OC(=O)N1CC[C@@H](CNc2ncc(F)cn2)C(F)(F)C1. The molecule has 1 aliphatic rings. The molecule has 6 nitrogen and oxygen atoms in total. The van der Waals surface area contributed by atoms with E-state index < -0.39 is 35.9 Å². The highest BCUT2D eigenvalue weighted by molar-refractivity contribution is 5.68. The van der Waals surface area contributed by atoms with Crippen LogP contribution in [0.4, 0.5) is 23.9 Å². The molecule has 9 heteroatoms. The number of anilines is 1. The van der Waals surface area contributed by atoms with E-state index in [9.17, 15) is 18.0 Å². The highest BCUT2D eigenvalue weighted by Gasteiger charge is 2.46. The molecule has 1 saturated heterocycles. The van der Waals surface area contributed by atoms with Crippen LogP contribution in [0, 0.1) is 11.7 Å². The maximum absolute atomic E-state index is 14.3. The van der Waals surface area contributed by atoms with Crippen LogP contribution in [-0.4, -0.2) is 52.1 Å². The van der Waals surface area contributed by atoms with E-state index in [-0.39, 0.29) is 25.5 Å². The van der Waals surface area contributed by atoms with Crippen molar-refractivity contribution in [3.8, 4) is 0 Å². The lowest BCUT2D eigenvalue weighted by Crippen LogP contribution is -2.53. The van der Waals surface area contributed by atoms with Crippen molar-refractivity contribution >= 4 is 12.0 Å². The number of rotatable bonds is 3. The minimum atomic E-state index is -3.07. The molecule has 1 amide bonds. The number of alkyl halides is 2. The topological polar surface area (TPSA) is 67.3 Å². The molecule has 0 bridgehead atoms. The Hall–Kier alpha value is -2.06. The van der Waals surface area contributed by atoms with Gasteiger partial charge in [0.2, 0.25) is 5.95 Å². The second-order valence-electron chi connectivity index (χ2n) is 6.75. The maximum atomic E-state index is 14.3. The van der Waals surface area contributed by atoms with Gasteiger partial charge in [-0.1, -0.05) is 0 Å². The third-order valence-corrected chi connectivity index (χ3v) is 3.53. The van der Waals surface area contributed by atoms with Gasteiger partial charge < -0.3 is 15.0 Å². The average Bonchev–Trinajstić information content (AvgIpc) is 2.45. The Morgan fingerprint density at radius 3 is 2.58 bits per heavy atom. The zero-order valence-corrected chi connectivity index (χ0v) is 13.9. The van der Waals surface area contributed by atoms with E-state index in [1.807, 2.05) is 0 Å². The summed E-state index contributed by atoms with van der Waals surface area (Å²) in [7, 11) is 0. The van der Waals surface area contributed by atoms with Crippen LogP contribution < -0.4 is 5.32 Å². The molecule has 24 heavy (non-hydrogen) atoms. The standard InChI is InChI=1S/C15H21F3N4O2/c1-14(2,3)24-13(23)22-5-4-10(15(17,18)9-22)6-19-12-20-7-11(16)8-21-12/h7-8,10H,4-6,9H2,1-3H3,(H,19,20,21)/t10-/m0/s1. The molecule has 0 aliphatic carbocycles. The predicted octanol–water partition coefficient (Wildman–Crippen LogP) is 2.92. The molecule has 1 aromatic rings. The zero-order chi connectivity index (χ0) is 18.0. The maximum Gasteiger partial charge on any atom is 0.410 e. The number of carbonyl (C=O) groups excluding carboxylic acids is 1. The first-order valence-electron chi connectivity index (χ1n) is 7.64. The van der Waals surface area contributed by atoms with Gasteiger partial charge in [-0.05, 0) is 27.2 Å². The molecule has 0 spiro atoms. The monoisotopic (exact) mass is 346 g/mol. The Balaban J connectivity index is 1.91. The highest BCUT2D eigenvalue weighted by Crippen LogP contribution is 2.33. The number of halogens is 3. The van der Waals surface area contributed by atoms with Crippen molar-refractivity contribution in [3.63, 3.8) is 0 Å². The van der Waals surface area contributed by atoms with Crippen LogP contribution in [0.5, 0.6) is 0 Å². The van der Waals surface area contributed by atoms with Crippen LogP contribution in [0.1, 0.15) is 27.2 Å². The van der Waals surface area contributed by atoms with Crippen molar-refractivity contribution in [1.82, 2.24) is 14.9 Å². The Morgan fingerprint density at radius 1 is 1.42 bits per heavy atom. The average molecular weight is 346 g/mol. The molecular formula is C15H21F3N4O2. The fourth-order valence-corrected chi connectivity index (χ4v) is 2.34. The van der Waals surface area contributed by atoms with Crippen molar-refractivity contribution in [2.75, 3.05) is 25.0 Å². The molecule has 2 rings (SSSR count). The van der Waals surface area contributed by atoms with Crippen LogP contribution in [0.2, 0.25) is 0 Å². The van der Waals surface area contributed by atoms with E-state index in [0.29, 0.717) is 0 Å². The van der Waals surface area contributed by atoms with E-state index >= 15 is 0 Å². The summed E-state index contributed by atoms with van der Waals surface area (Å²) in [5.41, 5.74) is -0.731.